The highest BCUT2D eigenvalue weighted by molar-refractivity contribution is 9.10. The van der Waals surface area contributed by atoms with Crippen molar-refractivity contribution in [3.05, 3.63) is 69.2 Å². The van der Waals surface area contributed by atoms with Crippen molar-refractivity contribution in [1.29, 1.82) is 5.41 Å². The number of benzene rings is 2. The molecule has 1 aliphatic heterocycles. The molecule has 21 N–H and O–H groups in total. The van der Waals surface area contributed by atoms with Crippen molar-refractivity contribution in [3.8, 4) is 0 Å². The number of aliphatic hydroxyl groups is 4. The van der Waals surface area contributed by atoms with Crippen molar-refractivity contribution in [2.24, 2.45) is 35.1 Å². The van der Waals surface area contributed by atoms with Crippen LogP contribution in [0, 0.1) is 29.1 Å². The van der Waals surface area contributed by atoms with E-state index in [1.165, 1.54) is 50.2 Å². The largest absolute Gasteiger partial charge is 0.453 e. The van der Waals surface area contributed by atoms with Gasteiger partial charge in [-0.3, -0.25) is 58.1 Å². The van der Waals surface area contributed by atoms with Crippen LogP contribution in [0.4, 0.5) is 4.79 Å². The summed E-state index contributed by atoms with van der Waals surface area (Å²) in [6.45, 7) is 16.2. The van der Waals surface area contributed by atoms with Gasteiger partial charge in [0.2, 0.25) is 65.0 Å². The van der Waals surface area contributed by atoms with E-state index in [1.807, 2.05) is 10.6 Å². The lowest BCUT2D eigenvalue weighted by atomic mass is 9.95. The van der Waals surface area contributed by atoms with Crippen LogP contribution in [0.1, 0.15) is 132 Å². The number of carbonyl (C=O) groups excluding carboxylic acids is 13. The summed E-state index contributed by atoms with van der Waals surface area (Å²) in [4.78, 5) is 187. The van der Waals surface area contributed by atoms with Gasteiger partial charge in [-0.2, -0.15) is 0 Å². The second-order valence-corrected chi connectivity index (χ2v) is 28.3. The Bertz CT molecular complexity index is 3270. The number of cyclic esters (lactones) is 1. The predicted octanol–water partition coefficient (Wildman–Crippen LogP) is -2.05. The quantitative estimate of drug-likeness (QED) is 0.0233. The summed E-state index contributed by atoms with van der Waals surface area (Å²) in [5.74, 6) is -18.3. The van der Waals surface area contributed by atoms with Gasteiger partial charge in [-0.05, 0) is 106 Å². The molecule has 1 aliphatic rings. The third-order valence-electron chi connectivity index (χ3n) is 15.9. The first-order chi connectivity index (χ1) is 47.6. The van der Waals surface area contributed by atoms with E-state index in [-0.39, 0.29) is 55.7 Å². The minimum atomic E-state index is -2.61. The highest BCUT2D eigenvalue weighted by Crippen LogP contribution is 2.26. The zero-order chi connectivity index (χ0) is 77.2. The van der Waals surface area contributed by atoms with Crippen molar-refractivity contribution < 1.29 is 92.2 Å². The topological polar surface area (TPSA) is 542 Å². The van der Waals surface area contributed by atoms with E-state index in [0.717, 1.165) is 6.92 Å². The van der Waals surface area contributed by atoms with Gasteiger partial charge >= 0.3 is 12.1 Å². The number of nitrogens with two attached hydrogens (primary N) is 2. The van der Waals surface area contributed by atoms with E-state index in [2.05, 4.69) is 69.1 Å². The lowest BCUT2D eigenvalue weighted by molar-refractivity contribution is -0.159. The molecule has 2 aromatic carbocycles. The second kappa shape index (κ2) is 41.4. The third kappa shape index (κ3) is 28.6. The normalized spacial score (nSPS) is 23.2. The predicted molar refractivity (Wildman–Crippen MR) is 374 cm³/mol. The molecule has 1 saturated heterocycles. The molecule has 0 aromatic heterocycles. The van der Waals surface area contributed by atoms with Gasteiger partial charge in [0.1, 0.15) is 60.0 Å². The van der Waals surface area contributed by atoms with Crippen LogP contribution in [0.25, 0.3) is 0 Å². The van der Waals surface area contributed by atoms with Gasteiger partial charge in [-0.1, -0.05) is 120 Å². The first-order valence-electron chi connectivity index (χ1n) is 33.3. The van der Waals surface area contributed by atoms with Crippen molar-refractivity contribution in [2.75, 3.05) is 19.7 Å². The first kappa shape index (κ1) is 87.4. The molecule has 2 unspecified atom stereocenters. The van der Waals surface area contributed by atoms with E-state index in [1.54, 1.807) is 74.4 Å². The smallest absolute Gasteiger partial charge is 0.408 e. The average molecular weight is 1520 g/mol. The minimum Gasteiger partial charge on any atom is -0.453 e. The standard InChI is InChI=1S/C66H101BrClN15O19/c1-13-33(8)45-59(95)81-46(34(9)85)58(94)73-28-44(86)79-48(51(88)53(69)89)61(97)77-43(29-84)63(99)101-52(35-18-15-14-16-19-35)49(83-57(93)41(25-31(4)5)75-56(92)42(78-65(100)102-66(10,11)12)27-36-26-37(67)21-22-38(36)68)62(98)82-47(50(87)32(6)7)60(96)76-40(24-30(2)3)55(91)74-39(54(90)80-45)20-17-23-72-64(70)71/h14-16,18-19,21-22,26,30-34,39-43,45-52,84-85,87-88H,13,17,20,23-25,27-29H2,1-12H3,(H2,69,89)(H,73,94)(H,74,91)(H,75,92)(H,76,96)(H,77,97)(H,78,100)(H,79,86)(H,80,90)(H,81,95)(H,82,98)(H,83,93)(H4,70,71,72)/t33-,34-,39+,40-,41-,42+,43-,45?,46?,47-,48-,49-,50+,51-,52+/m0/s1. The molecule has 1 fully saturated rings. The van der Waals surface area contributed by atoms with Gasteiger partial charge in [0, 0.05) is 22.5 Å². The van der Waals surface area contributed by atoms with Gasteiger partial charge in [-0.25, -0.2) is 9.59 Å². The maximum Gasteiger partial charge on any atom is 0.408 e. The van der Waals surface area contributed by atoms with Crippen LogP contribution in [-0.2, 0) is 73.4 Å². The zero-order valence-corrected chi connectivity index (χ0v) is 61.5. The molecular weight excluding hydrogens is 1420 g/mol. The number of ether oxygens (including phenoxy) is 2. The molecule has 102 heavy (non-hydrogen) atoms. The summed E-state index contributed by atoms with van der Waals surface area (Å²) < 4.78 is 12.0. The molecule has 12 amide bonds. The van der Waals surface area contributed by atoms with Gasteiger partial charge in [0.25, 0.3) is 0 Å². The number of hydrogen-bond acceptors (Lipinski definition) is 20. The molecule has 0 saturated carbocycles. The number of nitrogens with one attached hydrogen (secondary N) is 13. The van der Waals surface area contributed by atoms with Crippen LogP contribution in [0.2, 0.25) is 5.02 Å². The highest BCUT2D eigenvalue weighted by atomic mass is 79.9. The number of esters is 1. The molecule has 568 valence electrons. The monoisotopic (exact) mass is 1520 g/mol. The number of carbonyl (C=O) groups is 13. The van der Waals surface area contributed by atoms with Crippen LogP contribution in [0.3, 0.4) is 0 Å². The maximum absolute atomic E-state index is 15.7. The summed E-state index contributed by atoms with van der Waals surface area (Å²) in [7, 11) is 0. The van der Waals surface area contributed by atoms with Crippen LogP contribution in [0.15, 0.2) is 53.0 Å². The fourth-order valence-corrected chi connectivity index (χ4v) is 10.8. The second-order valence-electron chi connectivity index (χ2n) is 27.0. The Hall–Kier alpha value is -8.77. The Labute approximate surface area is 605 Å². The lowest BCUT2D eigenvalue weighted by Gasteiger charge is -2.34. The number of guanidine groups is 1. The number of primary amides is 1. The van der Waals surface area contributed by atoms with Gasteiger partial charge in [0.05, 0.1) is 25.4 Å². The molecule has 3 rings (SSSR count). The summed E-state index contributed by atoms with van der Waals surface area (Å²) in [5, 5.41) is 81.5. The van der Waals surface area contributed by atoms with E-state index >= 15 is 14.4 Å². The number of amides is 12. The number of hydrogen-bond donors (Lipinski definition) is 19. The fourth-order valence-electron chi connectivity index (χ4n) is 10.2. The molecule has 36 heteroatoms. The van der Waals surface area contributed by atoms with Gasteiger partial charge in [0.15, 0.2) is 24.2 Å². The van der Waals surface area contributed by atoms with Crippen molar-refractivity contribution in [1.82, 2.24) is 63.8 Å². The SMILES string of the molecule is CC[C@H](C)C1NC(=O)[C@@H](CCCNC(=N)N)NC(=O)[C@H](CC(C)C)NC(=O)[C@H]([C@H](O)C(C)C)NC(=O)[C@@H](NC(=O)[C@H](CC(C)C)NC(=O)[C@@H](Cc2cc(Br)ccc2Cl)NC(=O)OC(C)(C)C)[C@@H](c2ccccc2)OC(=O)[C@H](CO)NC(=O)[C@H]([C@H](O)C(N)=O)NC(=O)CNC(=O)C([C@H](C)O)NC1=O. The zero-order valence-electron chi connectivity index (χ0n) is 59.2. The summed E-state index contributed by atoms with van der Waals surface area (Å²) >= 11 is 9.96. The van der Waals surface area contributed by atoms with Gasteiger partial charge in [-0.15, -0.1) is 0 Å². The molecule has 0 radical (unpaired) electrons. The maximum atomic E-state index is 15.7. The van der Waals surface area contributed by atoms with Crippen molar-refractivity contribution in [2.45, 2.75) is 212 Å². The van der Waals surface area contributed by atoms with E-state index in [0.29, 0.717) is 10.0 Å². The van der Waals surface area contributed by atoms with Crippen molar-refractivity contribution >= 4 is 111 Å². The lowest BCUT2D eigenvalue weighted by Crippen LogP contribution is -2.64. The van der Waals surface area contributed by atoms with E-state index < -0.39 is 210 Å². The Morgan fingerprint density at radius 1 is 0.706 bits per heavy atom. The number of halogens is 2. The van der Waals surface area contributed by atoms with Crippen molar-refractivity contribution in [3.63, 3.8) is 0 Å². The molecule has 15 atom stereocenters. The fraction of sp³-hybridized carbons (Fsp3) is 0.606. The van der Waals surface area contributed by atoms with Crippen LogP contribution in [0.5, 0.6) is 0 Å². The molecule has 34 nitrogen and oxygen atoms in total. The van der Waals surface area contributed by atoms with Gasteiger partial charge < -0.3 is 105 Å². The van der Waals surface area contributed by atoms with Crippen LogP contribution >= 0.6 is 27.5 Å². The summed E-state index contributed by atoms with van der Waals surface area (Å²) in [6, 6.07) is -7.23. The number of aliphatic hydroxyl groups excluding tert-OH is 4. The Kier molecular flexibility index (Phi) is 35.5. The third-order valence-corrected chi connectivity index (χ3v) is 16.7. The average Bonchev–Trinajstić information content (AvgIpc) is 0.811. The molecular formula is C66H101BrClN15O19. The molecule has 2 aromatic rings. The molecule has 0 bridgehead atoms. The first-order valence-corrected chi connectivity index (χ1v) is 34.5. The highest BCUT2D eigenvalue weighted by Gasteiger charge is 2.44. The molecule has 1 heterocycles. The molecule has 0 spiro atoms. The Morgan fingerprint density at radius 2 is 1.28 bits per heavy atom. The Morgan fingerprint density at radius 3 is 1.84 bits per heavy atom. The summed E-state index contributed by atoms with van der Waals surface area (Å²) in [5.41, 5.74) is 10.1. The Balaban J connectivity index is 2.46. The molecule has 0 aliphatic carbocycles. The van der Waals surface area contributed by atoms with Crippen LogP contribution in [-0.4, -0.2) is 207 Å². The summed E-state index contributed by atoms with van der Waals surface area (Å²) in [6.07, 6.45) is -10.1. The minimum absolute atomic E-state index is 0.00873. The number of rotatable bonds is 24. The van der Waals surface area contributed by atoms with E-state index in [4.69, 9.17) is 38.0 Å². The van der Waals surface area contributed by atoms with E-state index in [9.17, 15) is 68.4 Å². The van der Waals surface area contributed by atoms with Crippen LogP contribution < -0.4 is 75.3 Å². The number of alkyl carbamates (subject to hydrolysis) is 1.